The van der Waals surface area contributed by atoms with Gasteiger partial charge in [-0.05, 0) is 24.5 Å². The molecule has 0 unspecified atom stereocenters. The van der Waals surface area contributed by atoms with Crippen LogP contribution in [0.1, 0.15) is 18.9 Å². The first-order valence-electron chi connectivity index (χ1n) is 4.03. The molecule has 0 saturated carbocycles. The van der Waals surface area contributed by atoms with Crippen LogP contribution in [0.2, 0.25) is 0 Å². The predicted molar refractivity (Wildman–Crippen MR) is 48.4 cm³/mol. The van der Waals surface area contributed by atoms with Gasteiger partial charge in [-0.2, -0.15) is 0 Å². The molecule has 0 nitrogen and oxygen atoms in total. The van der Waals surface area contributed by atoms with Crippen LogP contribution in [0.4, 0.5) is 0 Å². The third kappa shape index (κ3) is 3.03. The van der Waals surface area contributed by atoms with Crippen LogP contribution >= 0.6 is 0 Å². The zero-order valence-electron chi connectivity index (χ0n) is 6.88. The summed E-state index contributed by atoms with van der Waals surface area (Å²) in [7, 11) is 0. The van der Waals surface area contributed by atoms with E-state index in [1.54, 1.807) is 0 Å². The van der Waals surface area contributed by atoms with Crippen molar-refractivity contribution in [3.8, 4) is 0 Å². The van der Waals surface area contributed by atoms with E-state index >= 15 is 0 Å². The third-order valence-corrected chi connectivity index (χ3v) is 1.54. The monoisotopic (exact) mass is 145 g/mol. The van der Waals surface area contributed by atoms with E-state index in [0.717, 1.165) is 12.8 Å². The molecule has 1 aromatic carbocycles. The Hall–Kier alpha value is -1.04. The molecular formula is C11H13. The summed E-state index contributed by atoms with van der Waals surface area (Å²) in [6.45, 7) is 2.15. The molecule has 0 atom stereocenters. The second-order valence-corrected chi connectivity index (χ2v) is 2.49. The van der Waals surface area contributed by atoms with Gasteiger partial charge < -0.3 is 0 Å². The molecule has 0 bridgehead atoms. The van der Waals surface area contributed by atoms with Crippen LogP contribution in [0.5, 0.6) is 0 Å². The van der Waals surface area contributed by atoms with E-state index in [2.05, 4.69) is 37.3 Å². The summed E-state index contributed by atoms with van der Waals surface area (Å²) in [5, 5.41) is 0. The van der Waals surface area contributed by atoms with Gasteiger partial charge in [0.25, 0.3) is 0 Å². The molecule has 1 rings (SSSR count). The second-order valence-electron chi connectivity index (χ2n) is 2.49. The molecule has 1 radical (unpaired) electrons. The van der Waals surface area contributed by atoms with Crippen molar-refractivity contribution in [1.82, 2.24) is 0 Å². The zero-order chi connectivity index (χ0) is 7.94. The van der Waals surface area contributed by atoms with E-state index in [-0.39, 0.29) is 0 Å². The molecule has 0 aliphatic rings. The van der Waals surface area contributed by atoms with Crippen molar-refractivity contribution >= 4 is 0 Å². The summed E-state index contributed by atoms with van der Waals surface area (Å²) < 4.78 is 0. The van der Waals surface area contributed by atoms with Crippen molar-refractivity contribution in [3.05, 3.63) is 48.0 Å². The fraction of sp³-hybridized carbons (Fsp3) is 0.273. The zero-order valence-corrected chi connectivity index (χ0v) is 6.88. The number of rotatable bonds is 3. The van der Waals surface area contributed by atoms with Crippen LogP contribution in [0.25, 0.3) is 0 Å². The summed E-state index contributed by atoms with van der Waals surface area (Å²) in [6.07, 6.45) is 6.56. The molecule has 0 amide bonds. The molecule has 1 aromatic rings. The van der Waals surface area contributed by atoms with Crippen molar-refractivity contribution < 1.29 is 0 Å². The summed E-state index contributed by atoms with van der Waals surface area (Å²) in [6, 6.07) is 11.1. The van der Waals surface area contributed by atoms with E-state index in [1.807, 2.05) is 12.1 Å². The largest absolute Gasteiger partial charge is 0.0885 e. The summed E-state index contributed by atoms with van der Waals surface area (Å²) >= 11 is 0. The van der Waals surface area contributed by atoms with Crippen LogP contribution in [0.3, 0.4) is 0 Å². The minimum atomic E-state index is 1.04. The maximum absolute atomic E-state index is 3.00. The van der Waals surface area contributed by atoms with Crippen molar-refractivity contribution in [1.29, 1.82) is 0 Å². The Labute approximate surface area is 68.6 Å². The van der Waals surface area contributed by atoms with Gasteiger partial charge in [-0.15, -0.1) is 0 Å². The summed E-state index contributed by atoms with van der Waals surface area (Å²) in [5.41, 5.74) is 1.36. The lowest BCUT2D eigenvalue weighted by Gasteiger charge is -1.92. The molecule has 0 spiro atoms. The van der Waals surface area contributed by atoms with Crippen molar-refractivity contribution in [2.75, 3.05) is 0 Å². The average Bonchev–Trinajstić information content (AvgIpc) is 2.07. The lowest BCUT2D eigenvalue weighted by atomic mass is 10.1. The van der Waals surface area contributed by atoms with E-state index in [0.29, 0.717) is 0 Å². The molecule has 0 aliphatic heterocycles. The molecule has 0 saturated heterocycles. The maximum atomic E-state index is 3.00. The Balaban J connectivity index is 2.45. The minimum Gasteiger partial charge on any atom is -0.0885 e. The van der Waals surface area contributed by atoms with Crippen LogP contribution < -0.4 is 0 Å². The lowest BCUT2D eigenvalue weighted by Crippen LogP contribution is -1.77. The molecule has 57 valence electrons. The topological polar surface area (TPSA) is 0 Å². The van der Waals surface area contributed by atoms with Crippen LogP contribution in [0, 0.1) is 6.07 Å². The number of hydrogen-bond acceptors (Lipinski definition) is 0. The Bertz CT molecular complexity index is 209. The first-order valence-corrected chi connectivity index (χ1v) is 4.03. The molecule has 0 N–H and O–H groups in total. The fourth-order valence-corrected chi connectivity index (χ4v) is 0.944. The van der Waals surface area contributed by atoms with Crippen molar-refractivity contribution in [3.63, 3.8) is 0 Å². The SMILES string of the molecule is CCC=CCc1cc[c]cc1. The number of benzene rings is 1. The molecule has 0 heterocycles. The van der Waals surface area contributed by atoms with Gasteiger partial charge in [-0.3, -0.25) is 0 Å². The quantitative estimate of drug-likeness (QED) is 0.573. The molecule has 0 heteroatoms. The van der Waals surface area contributed by atoms with E-state index in [4.69, 9.17) is 0 Å². The fourth-order valence-electron chi connectivity index (χ4n) is 0.944. The molecule has 11 heavy (non-hydrogen) atoms. The number of hydrogen-bond donors (Lipinski definition) is 0. The highest BCUT2D eigenvalue weighted by Gasteiger charge is 1.83. The highest BCUT2D eigenvalue weighted by molar-refractivity contribution is 5.16. The highest BCUT2D eigenvalue weighted by atomic mass is 13.9. The standard InChI is InChI=1S/C11H13/c1-2-3-5-8-11-9-6-4-7-10-11/h3,5-7,9-10H,2,8H2,1H3. The lowest BCUT2D eigenvalue weighted by molar-refractivity contribution is 1.18. The Kier molecular flexibility index (Phi) is 3.46. The highest BCUT2D eigenvalue weighted by Crippen LogP contribution is 1.99. The predicted octanol–water partition coefficient (Wildman–Crippen LogP) is 3.00. The van der Waals surface area contributed by atoms with Gasteiger partial charge in [0.05, 0.1) is 0 Å². The Morgan fingerprint density at radius 3 is 2.64 bits per heavy atom. The molecule has 0 fully saturated rings. The minimum absolute atomic E-state index is 1.04. The van der Waals surface area contributed by atoms with Gasteiger partial charge in [0, 0.05) is 0 Å². The maximum Gasteiger partial charge on any atom is -0.00975 e. The van der Waals surface area contributed by atoms with Gasteiger partial charge in [0.15, 0.2) is 0 Å². The van der Waals surface area contributed by atoms with Crippen molar-refractivity contribution in [2.24, 2.45) is 0 Å². The van der Waals surface area contributed by atoms with E-state index in [9.17, 15) is 0 Å². The Morgan fingerprint density at radius 1 is 1.27 bits per heavy atom. The smallest absolute Gasteiger partial charge is 0.00975 e. The average molecular weight is 145 g/mol. The van der Waals surface area contributed by atoms with Crippen LogP contribution in [0.15, 0.2) is 36.4 Å². The van der Waals surface area contributed by atoms with Gasteiger partial charge in [0.1, 0.15) is 0 Å². The first kappa shape index (κ1) is 8.06. The Morgan fingerprint density at radius 2 is 2.00 bits per heavy atom. The third-order valence-electron chi connectivity index (χ3n) is 1.54. The second kappa shape index (κ2) is 4.73. The first-order chi connectivity index (χ1) is 5.43. The summed E-state index contributed by atoms with van der Waals surface area (Å²) in [5.74, 6) is 0. The van der Waals surface area contributed by atoms with Gasteiger partial charge in [-0.1, -0.05) is 43.3 Å². The summed E-state index contributed by atoms with van der Waals surface area (Å²) in [4.78, 5) is 0. The van der Waals surface area contributed by atoms with Gasteiger partial charge >= 0.3 is 0 Å². The van der Waals surface area contributed by atoms with Gasteiger partial charge in [0.2, 0.25) is 0 Å². The van der Waals surface area contributed by atoms with E-state index < -0.39 is 0 Å². The molecule has 0 aromatic heterocycles. The van der Waals surface area contributed by atoms with Crippen molar-refractivity contribution in [2.45, 2.75) is 19.8 Å². The number of allylic oxidation sites excluding steroid dienone is 2. The van der Waals surface area contributed by atoms with E-state index in [1.165, 1.54) is 5.56 Å². The molecule has 0 aliphatic carbocycles. The van der Waals surface area contributed by atoms with Crippen LogP contribution in [-0.4, -0.2) is 0 Å². The normalized spacial score (nSPS) is 10.6. The molecular weight excluding hydrogens is 132 g/mol. The van der Waals surface area contributed by atoms with Crippen LogP contribution in [-0.2, 0) is 6.42 Å². The van der Waals surface area contributed by atoms with Gasteiger partial charge in [-0.25, -0.2) is 0 Å².